The summed E-state index contributed by atoms with van der Waals surface area (Å²) in [6.07, 6.45) is 0.888. The summed E-state index contributed by atoms with van der Waals surface area (Å²) in [5, 5.41) is 11.5. The summed E-state index contributed by atoms with van der Waals surface area (Å²) < 4.78 is -0.899. The minimum atomic E-state index is -0.899. The molecule has 4 nitrogen and oxygen atoms in total. The third kappa shape index (κ3) is 5.11. The first-order chi connectivity index (χ1) is 6.40. The Labute approximate surface area is 88.4 Å². The van der Waals surface area contributed by atoms with Crippen LogP contribution in [0.15, 0.2) is 0 Å². The molecule has 0 unspecified atom stereocenters. The van der Waals surface area contributed by atoms with E-state index in [0.29, 0.717) is 6.54 Å². The summed E-state index contributed by atoms with van der Waals surface area (Å²) in [4.78, 5) is 21.8. The van der Waals surface area contributed by atoms with Gasteiger partial charge in [-0.15, -0.1) is 11.8 Å². The van der Waals surface area contributed by atoms with E-state index in [0.717, 1.165) is 18.2 Å². The fraction of sp³-hybridized carbons (Fsp3) is 0.778. The van der Waals surface area contributed by atoms with Crippen LogP contribution >= 0.6 is 11.8 Å². The Bertz CT molecular complexity index is 216. The van der Waals surface area contributed by atoms with Crippen molar-refractivity contribution < 1.29 is 14.7 Å². The van der Waals surface area contributed by atoms with Crippen molar-refractivity contribution >= 4 is 23.6 Å². The van der Waals surface area contributed by atoms with Crippen molar-refractivity contribution in [3.63, 3.8) is 0 Å². The molecule has 0 rings (SSSR count). The number of nitrogens with one attached hydrogen (secondary N) is 1. The van der Waals surface area contributed by atoms with Crippen LogP contribution in [0.1, 0.15) is 27.2 Å². The molecule has 0 aliphatic rings. The van der Waals surface area contributed by atoms with Crippen LogP contribution in [0.2, 0.25) is 0 Å². The Morgan fingerprint density at radius 1 is 1.43 bits per heavy atom. The van der Waals surface area contributed by atoms with E-state index in [-0.39, 0.29) is 11.7 Å². The van der Waals surface area contributed by atoms with Gasteiger partial charge in [0.05, 0.1) is 5.75 Å². The van der Waals surface area contributed by atoms with Crippen molar-refractivity contribution in [3.05, 3.63) is 0 Å². The largest absolute Gasteiger partial charge is 0.480 e. The molecule has 0 radical (unpaired) electrons. The molecule has 0 aliphatic heterocycles. The summed E-state index contributed by atoms with van der Waals surface area (Å²) in [7, 11) is 0. The Kier molecular flexibility index (Phi) is 5.60. The van der Waals surface area contributed by atoms with E-state index < -0.39 is 10.7 Å². The van der Waals surface area contributed by atoms with Gasteiger partial charge in [0.1, 0.15) is 4.75 Å². The van der Waals surface area contributed by atoms with Crippen LogP contribution in [-0.2, 0) is 9.59 Å². The van der Waals surface area contributed by atoms with Gasteiger partial charge in [0.25, 0.3) is 0 Å². The molecule has 0 saturated heterocycles. The average molecular weight is 219 g/mol. The van der Waals surface area contributed by atoms with E-state index in [9.17, 15) is 9.59 Å². The van der Waals surface area contributed by atoms with Crippen LogP contribution in [0.25, 0.3) is 0 Å². The molecule has 0 atom stereocenters. The van der Waals surface area contributed by atoms with E-state index in [1.54, 1.807) is 13.8 Å². The SMILES string of the molecule is CCCNC(=O)CSC(C)(C)C(=O)O. The first-order valence-electron chi connectivity index (χ1n) is 4.54. The quantitative estimate of drug-likeness (QED) is 0.702. The maximum absolute atomic E-state index is 11.1. The van der Waals surface area contributed by atoms with Gasteiger partial charge in [0, 0.05) is 6.54 Å². The van der Waals surface area contributed by atoms with Crippen LogP contribution in [0.3, 0.4) is 0 Å². The third-order valence-electron chi connectivity index (χ3n) is 1.65. The number of hydrogen-bond acceptors (Lipinski definition) is 3. The monoisotopic (exact) mass is 219 g/mol. The average Bonchev–Trinajstić information content (AvgIpc) is 2.11. The highest BCUT2D eigenvalue weighted by Crippen LogP contribution is 2.23. The van der Waals surface area contributed by atoms with Crippen LogP contribution in [-0.4, -0.2) is 34.0 Å². The first-order valence-corrected chi connectivity index (χ1v) is 5.52. The Morgan fingerprint density at radius 2 is 2.00 bits per heavy atom. The number of carboxylic acids is 1. The van der Waals surface area contributed by atoms with Gasteiger partial charge < -0.3 is 10.4 Å². The second-order valence-electron chi connectivity index (χ2n) is 3.45. The number of amides is 1. The fourth-order valence-electron chi connectivity index (χ4n) is 0.623. The highest BCUT2D eigenvalue weighted by Gasteiger charge is 2.28. The van der Waals surface area contributed by atoms with Gasteiger partial charge >= 0.3 is 5.97 Å². The molecule has 0 aromatic heterocycles. The molecule has 82 valence electrons. The van der Waals surface area contributed by atoms with E-state index in [4.69, 9.17) is 5.11 Å². The molecule has 2 N–H and O–H groups in total. The minimum absolute atomic E-state index is 0.105. The van der Waals surface area contributed by atoms with E-state index in [2.05, 4.69) is 5.32 Å². The Morgan fingerprint density at radius 3 is 2.43 bits per heavy atom. The van der Waals surface area contributed by atoms with Crippen LogP contribution in [0.5, 0.6) is 0 Å². The summed E-state index contributed by atoms with van der Waals surface area (Å²) in [6, 6.07) is 0. The Hall–Kier alpha value is -0.710. The predicted molar refractivity (Wildman–Crippen MR) is 57.5 cm³/mol. The second-order valence-corrected chi connectivity index (χ2v) is 5.05. The van der Waals surface area contributed by atoms with Gasteiger partial charge in [-0.05, 0) is 20.3 Å². The number of carbonyl (C=O) groups is 2. The molecule has 0 fully saturated rings. The summed E-state index contributed by atoms with van der Waals surface area (Å²) in [6.45, 7) is 5.79. The molecule has 5 heteroatoms. The van der Waals surface area contributed by atoms with Crippen molar-refractivity contribution in [1.29, 1.82) is 0 Å². The molecule has 14 heavy (non-hydrogen) atoms. The molecule has 0 heterocycles. The van der Waals surface area contributed by atoms with E-state index >= 15 is 0 Å². The molecular formula is C9H17NO3S. The molecule has 0 spiro atoms. The smallest absolute Gasteiger partial charge is 0.319 e. The zero-order valence-electron chi connectivity index (χ0n) is 8.79. The van der Waals surface area contributed by atoms with Gasteiger partial charge in [0.15, 0.2) is 0 Å². The van der Waals surface area contributed by atoms with Gasteiger partial charge in [-0.2, -0.15) is 0 Å². The lowest BCUT2D eigenvalue weighted by atomic mass is 10.2. The predicted octanol–water partition coefficient (Wildman–Crippen LogP) is 1.11. The first kappa shape index (κ1) is 13.3. The number of carboxylic acid groups (broad SMARTS) is 1. The molecule has 0 bridgehead atoms. The van der Waals surface area contributed by atoms with Gasteiger partial charge in [-0.1, -0.05) is 6.92 Å². The number of thioether (sulfide) groups is 1. The minimum Gasteiger partial charge on any atom is -0.480 e. The number of aliphatic carboxylic acids is 1. The molecule has 0 aromatic rings. The topological polar surface area (TPSA) is 66.4 Å². The van der Waals surface area contributed by atoms with Crippen molar-refractivity contribution in [2.75, 3.05) is 12.3 Å². The van der Waals surface area contributed by atoms with Gasteiger partial charge in [0.2, 0.25) is 5.91 Å². The van der Waals surface area contributed by atoms with Crippen molar-refractivity contribution in [1.82, 2.24) is 5.32 Å². The van der Waals surface area contributed by atoms with Crippen molar-refractivity contribution in [2.24, 2.45) is 0 Å². The molecule has 1 amide bonds. The van der Waals surface area contributed by atoms with Crippen LogP contribution in [0, 0.1) is 0 Å². The Balaban J connectivity index is 3.82. The van der Waals surface area contributed by atoms with Crippen molar-refractivity contribution in [2.45, 2.75) is 31.9 Å². The zero-order chi connectivity index (χ0) is 11.2. The molecule has 0 aromatic carbocycles. The summed E-state index contributed by atoms with van der Waals surface area (Å²) in [5.74, 6) is -0.809. The summed E-state index contributed by atoms with van der Waals surface area (Å²) >= 11 is 1.13. The fourth-order valence-corrected chi connectivity index (χ4v) is 1.34. The molecule has 0 saturated carbocycles. The number of carbonyl (C=O) groups excluding carboxylic acids is 1. The van der Waals surface area contributed by atoms with E-state index in [1.165, 1.54) is 0 Å². The van der Waals surface area contributed by atoms with E-state index in [1.807, 2.05) is 6.92 Å². The zero-order valence-corrected chi connectivity index (χ0v) is 9.61. The molecular weight excluding hydrogens is 202 g/mol. The summed E-state index contributed by atoms with van der Waals surface area (Å²) in [5.41, 5.74) is 0. The lowest BCUT2D eigenvalue weighted by Gasteiger charge is -2.17. The maximum atomic E-state index is 11.1. The van der Waals surface area contributed by atoms with Crippen molar-refractivity contribution in [3.8, 4) is 0 Å². The second kappa shape index (κ2) is 5.90. The van der Waals surface area contributed by atoms with Gasteiger partial charge in [-0.3, -0.25) is 9.59 Å². The van der Waals surface area contributed by atoms with Gasteiger partial charge in [-0.25, -0.2) is 0 Å². The number of rotatable bonds is 6. The third-order valence-corrected chi connectivity index (χ3v) is 2.95. The number of hydrogen-bond donors (Lipinski definition) is 2. The highest BCUT2D eigenvalue weighted by molar-refractivity contribution is 8.01. The maximum Gasteiger partial charge on any atom is 0.319 e. The lowest BCUT2D eigenvalue weighted by molar-refractivity contribution is -0.138. The molecule has 0 aliphatic carbocycles. The normalized spacial score (nSPS) is 11.1. The highest BCUT2D eigenvalue weighted by atomic mass is 32.2. The lowest BCUT2D eigenvalue weighted by Crippen LogP contribution is -2.32. The standard InChI is InChI=1S/C9H17NO3S/c1-4-5-10-7(11)6-14-9(2,3)8(12)13/h4-6H2,1-3H3,(H,10,11)(H,12,13). The van der Waals surface area contributed by atoms with Crippen LogP contribution in [0.4, 0.5) is 0 Å². The van der Waals surface area contributed by atoms with Crippen LogP contribution < -0.4 is 5.32 Å².